The highest BCUT2D eigenvalue weighted by atomic mass is 16.5. The van der Waals surface area contributed by atoms with E-state index in [2.05, 4.69) is 34.9 Å². The van der Waals surface area contributed by atoms with Crippen molar-refractivity contribution in [2.75, 3.05) is 6.61 Å². The first-order valence-electron chi connectivity index (χ1n) is 11.6. The molecular weight excluding hydrogens is 420 g/mol. The minimum Gasteiger partial charge on any atom is -0.481 e. The highest BCUT2D eigenvalue weighted by molar-refractivity contribution is 5.81. The lowest BCUT2D eigenvalue weighted by Gasteiger charge is -2.35. The monoisotopic (exact) mass is 450 g/mol. The minimum absolute atomic E-state index is 0.0191. The number of hydrogen-bond donors (Lipinski definition) is 3. The van der Waals surface area contributed by atoms with E-state index in [1.165, 1.54) is 22.3 Å². The Morgan fingerprint density at radius 3 is 2.24 bits per heavy atom. The number of carboxylic acid groups (broad SMARTS) is 1. The third-order valence-electron chi connectivity index (χ3n) is 6.59. The Hall–Kier alpha value is -3.35. The molecule has 1 saturated carbocycles. The molecule has 4 rings (SSSR count). The number of hydrogen-bond acceptors (Lipinski definition) is 4. The van der Waals surface area contributed by atoms with Crippen LogP contribution in [-0.4, -0.2) is 41.8 Å². The van der Waals surface area contributed by atoms with Crippen molar-refractivity contribution in [3.05, 3.63) is 59.7 Å². The fourth-order valence-electron chi connectivity index (χ4n) is 4.75. The van der Waals surface area contributed by atoms with E-state index in [1.807, 2.05) is 31.2 Å². The molecule has 33 heavy (non-hydrogen) atoms. The third-order valence-corrected chi connectivity index (χ3v) is 6.59. The van der Waals surface area contributed by atoms with Crippen molar-refractivity contribution >= 4 is 18.0 Å². The molecule has 0 bridgehead atoms. The molecule has 7 nitrogen and oxygen atoms in total. The molecular formula is C26H30N2O5. The van der Waals surface area contributed by atoms with Gasteiger partial charge in [-0.25, -0.2) is 4.79 Å². The van der Waals surface area contributed by atoms with Gasteiger partial charge in [0.1, 0.15) is 6.61 Å². The zero-order valence-corrected chi connectivity index (χ0v) is 18.8. The van der Waals surface area contributed by atoms with E-state index in [9.17, 15) is 14.4 Å². The van der Waals surface area contributed by atoms with Crippen LogP contribution in [0.25, 0.3) is 11.1 Å². The summed E-state index contributed by atoms with van der Waals surface area (Å²) in [5, 5.41) is 14.5. The zero-order chi connectivity index (χ0) is 23.4. The van der Waals surface area contributed by atoms with Crippen molar-refractivity contribution in [1.82, 2.24) is 10.6 Å². The molecule has 2 aromatic carbocycles. The van der Waals surface area contributed by atoms with Crippen LogP contribution < -0.4 is 10.6 Å². The number of alkyl carbamates (subject to hydrolysis) is 1. The number of carbonyl (C=O) groups is 3. The fraction of sp³-hybridized carbons (Fsp3) is 0.423. The van der Waals surface area contributed by atoms with Crippen LogP contribution in [0.1, 0.15) is 56.1 Å². The molecule has 1 fully saturated rings. The molecule has 7 heteroatoms. The molecule has 0 spiro atoms. The summed E-state index contributed by atoms with van der Waals surface area (Å²) < 4.78 is 5.57. The Morgan fingerprint density at radius 1 is 1.03 bits per heavy atom. The predicted molar refractivity (Wildman–Crippen MR) is 124 cm³/mol. The minimum atomic E-state index is -0.824. The van der Waals surface area contributed by atoms with Gasteiger partial charge in [-0.1, -0.05) is 48.5 Å². The number of benzene rings is 2. The van der Waals surface area contributed by atoms with Crippen molar-refractivity contribution in [2.45, 2.75) is 57.0 Å². The first kappa shape index (κ1) is 22.8. The number of rotatable bonds is 9. The molecule has 0 saturated heterocycles. The first-order valence-corrected chi connectivity index (χ1v) is 11.6. The number of fused-ring (bicyclic) bond motifs is 3. The molecule has 0 aromatic heterocycles. The van der Waals surface area contributed by atoms with Crippen LogP contribution in [-0.2, 0) is 14.3 Å². The Kier molecular flexibility index (Phi) is 6.96. The molecule has 0 radical (unpaired) electrons. The number of aliphatic carboxylic acids is 1. The Bertz CT molecular complexity index is 985. The van der Waals surface area contributed by atoms with Crippen molar-refractivity contribution in [1.29, 1.82) is 0 Å². The van der Waals surface area contributed by atoms with Gasteiger partial charge in [0.15, 0.2) is 0 Å². The lowest BCUT2D eigenvalue weighted by molar-refractivity contribution is -0.137. The smallest absolute Gasteiger partial charge is 0.407 e. The molecule has 2 aliphatic carbocycles. The van der Waals surface area contributed by atoms with E-state index >= 15 is 0 Å². The van der Waals surface area contributed by atoms with E-state index in [4.69, 9.17) is 9.84 Å². The molecule has 0 aliphatic heterocycles. The second-order valence-electron chi connectivity index (χ2n) is 9.03. The second kappa shape index (κ2) is 10.1. The average Bonchev–Trinajstić information content (AvgIpc) is 3.08. The van der Waals surface area contributed by atoms with Crippen molar-refractivity contribution in [2.24, 2.45) is 5.92 Å². The average molecular weight is 451 g/mol. The van der Waals surface area contributed by atoms with E-state index < -0.39 is 12.1 Å². The van der Waals surface area contributed by atoms with Gasteiger partial charge in [0, 0.05) is 30.3 Å². The third kappa shape index (κ3) is 5.35. The van der Waals surface area contributed by atoms with Gasteiger partial charge < -0.3 is 20.5 Å². The first-order chi connectivity index (χ1) is 15.9. The van der Waals surface area contributed by atoms with E-state index in [0.29, 0.717) is 25.7 Å². The Labute approximate surface area is 193 Å². The van der Waals surface area contributed by atoms with Gasteiger partial charge in [0.2, 0.25) is 5.91 Å². The van der Waals surface area contributed by atoms with Gasteiger partial charge in [-0.2, -0.15) is 0 Å². The van der Waals surface area contributed by atoms with Crippen molar-refractivity contribution < 1.29 is 24.2 Å². The van der Waals surface area contributed by atoms with Gasteiger partial charge in [0.25, 0.3) is 0 Å². The van der Waals surface area contributed by atoms with Crippen LogP contribution in [0.3, 0.4) is 0 Å². The van der Waals surface area contributed by atoms with Crippen LogP contribution in [0.15, 0.2) is 48.5 Å². The maximum atomic E-state index is 12.4. The highest BCUT2D eigenvalue weighted by Gasteiger charge is 2.36. The van der Waals surface area contributed by atoms with Gasteiger partial charge >= 0.3 is 12.1 Å². The van der Waals surface area contributed by atoms with Crippen molar-refractivity contribution in [3.8, 4) is 11.1 Å². The summed E-state index contributed by atoms with van der Waals surface area (Å²) in [5.74, 6) is -0.977. The van der Waals surface area contributed by atoms with Crippen LogP contribution in [0.2, 0.25) is 0 Å². The molecule has 1 atom stereocenters. The van der Waals surface area contributed by atoms with E-state index in [1.54, 1.807) is 0 Å². The summed E-state index contributed by atoms with van der Waals surface area (Å²) >= 11 is 0. The van der Waals surface area contributed by atoms with Gasteiger partial charge in [-0.3, -0.25) is 9.59 Å². The maximum Gasteiger partial charge on any atom is 0.407 e. The van der Waals surface area contributed by atoms with Crippen LogP contribution >= 0.6 is 0 Å². The highest BCUT2D eigenvalue weighted by Crippen LogP contribution is 2.44. The topological polar surface area (TPSA) is 105 Å². The Balaban J connectivity index is 1.20. The van der Waals surface area contributed by atoms with Gasteiger partial charge in [-0.15, -0.1) is 0 Å². The van der Waals surface area contributed by atoms with Gasteiger partial charge in [-0.05, 0) is 54.9 Å². The fourth-order valence-corrected chi connectivity index (χ4v) is 4.75. The second-order valence-corrected chi connectivity index (χ2v) is 9.03. The SMILES string of the molecule is CC(CCCC(=O)O)NC(=O)C1CC(NC(=O)OCC2c3ccccc3-c3ccccc32)C1. The maximum absolute atomic E-state index is 12.4. The number of carboxylic acids is 1. The number of nitrogens with one attached hydrogen (secondary N) is 2. The molecule has 2 aromatic rings. The quantitative estimate of drug-likeness (QED) is 0.534. The summed E-state index contributed by atoms with van der Waals surface area (Å²) in [6.45, 7) is 2.15. The molecule has 1 unspecified atom stereocenters. The summed E-state index contributed by atoms with van der Waals surface area (Å²) in [5.41, 5.74) is 4.72. The molecule has 2 amide bonds. The number of ether oxygens (including phenoxy) is 1. The standard InChI is InChI=1S/C26H30N2O5/c1-16(7-6-12-24(29)30)27-25(31)17-13-18(14-17)28-26(32)33-15-23-21-10-4-2-8-19(21)20-9-3-5-11-22(20)23/h2-5,8-11,16-18,23H,6-7,12-15H2,1H3,(H,27,31)(H,28,32)(H,29,30). The molecule has 0 heterocycles. The predicted octanol–water partition coefficient (Wildman–Crippen LogP) is 4.06. The van der Waals surface area contributed by atoms with Crippen molar-refractivity contribution in [3.63, 3.8) is 0 Å². The Morgan fingerprint density at radius 2 is 1.64 bits per heavy atom. The molecule has 3 N–H and O–H groups in total. The normalized spacial score (nSPS) is 19.5. The van der Waals surface area contributed by atoms with Crippen LogP contribution in [0.5, 0.6) is 0 Å². The number of carbonyl (C=O) groups excluding carboxylic acids is 2. The lowest BCUT2D eigenvalue weighted by Crippen LogP contribution is -2.50. The summed E-state index contributed by atoms with van der Waals surface area (Å²) in [6.07, 6.45) is 1.98. The lowest BCUT2D eigenvalue weighted by atomic mass is 9.79. The summed E-state index contributed by atoms with van der Waals surface area (Å²) in [4.78, 5) is 35.3. The summed E-state index contributed by atoms with van der Waals surface area (Å²) in [6, 6.07) is 16.3. The molecule has 2 aliphatic rings. The van der Waals surface area contributed by atoms with Crippen LogP contribution in [0.4, 0.5) is 4.79 Å². The van der Waals surface area contributed by atoms with E-state index in [0.717, 1.165) is 0 Å². The number of amides is 2. The van der Waals surface area contributed by atoms with Gasteiger partial charge in [0.05, 0.1) is 0 Å². The largest absolute Gasteiger partial charge is 0.481 e. The van der Waals surface area contributed by atoms with Crippen LogP contribution in [0, 0.1) is 5.92 Å². The summed E-state index contributed by atoms with van der Waals surface area (Å²) in [7, 11) is 0. The zero-order valence-electron chi connectivity index (χ0n) is 18.8. The van der Waals surface area contributed by atoms with E-state index in [-0.39, 0.29) is 42.9 Å². The molecule has 174 valence electrons.